The second kappa shape index (κ2) is 12.4. The van der Waals surface area contributed by atoms with E-state index in [9.17, 15) is 4.79 Å². The van der Waals surface area contributed by atoms with Crippen LogP contribution in [-0.4, -0.2) is 79.5 Å². The number of hydrogen-bond donors (Lipinski definition) is 3. The fraction of sp³-hybridized carbons (Fsp3) is 0.583. The third-order valence-electron chi connectivity index (χ3n) is 6.69. The first-order chi connectivity index (χ1) is 15.2. The standard InChI is InChI=1S/C24H36N6O.HI/c1-25-24(26-11-10-20-18-28-22-9-5-4-8-21(20)22)27-12-13-29-14-16-30(17-15-29)23(31)19-6-2-3-7-19;/h4-5,8-9,18-19,28H,2-3,6-7,10-17H2,1H3,(H2,25,26,27);1H. The highest BCUT2D eigenvalue weighted by Crippen LogP contribution is 2.26. The number of aliphatic imine (C=N–C) groups is 1. The molecule has 1 aliphatic heterocycles. The summed E-state index contributed by atoms with van der Waals surface area (Å²) in [5, 5.41) is 8.13. The van der Waals surface area contributed by atoms with Crippen LogP contribution in [0.25, 0.3) is 10.9 Å². The Morgan fingerprint density at radius 1 is 1.09 bits per heavy atom. The SMILES string of the molecule is CN=C(NCCc1c[nH]c2ccccc12)NCCN1CCN(C(=O)C2CCCC2)CC1.I. The maximum atomic E-state index is 12.6. The van der Waals surface area contributed by atoms with Gasteiger partial charge >= 0.3 is 0 Å². The minimum atomic E-state index is 0. The topological polar surface area (TPSA) is 75.8 Å². The minimum absolute atomic E-state index is 0. The molecule has 0 radical (unpaired) electrons. The van der Waals surface area contributed by atoms with E-state index in [1.54, 1.807) is 0 Å². The predicted molar refractivity (Wildman–Crippen MR) is 142 cm³/mol. The van der Waals surface area contributed by atoms with Crippen LogP contribution < -0.4 is 10.6 Å². The molecule has 1 saturated carbocycles. The number of nitrogens with one attached hydrogen (secondary N) is 3. The molecule has 0 atom stereocenters. The number of fused-ring (bicyclic) bond motifs is 1. The molecule has 1 amide bonds. The van der Waals surface area contributed by atoms with Gasteiger partial charge in [0.1, 0.15) is 0 Å². The number of rotatable bonds is 7. The van der Waals surface area contributed by atoms with Crippen molar-refractivity contribution in [2.24, 2.45) is 10.9 Å². The van der Waals surface area contributed by atoms with Gasteiger partial charge in [-0.25, -0.2) is 0 Å². The van der Waals surface area contributed by atoms with Gasteiger partial charge in [0.15, 0.2) is 5.96 Å². The summed E-state index contributed by atoms with van der Waals surface area (Å²) in [7, 11) is 1.81. The highest BCUT2D eigenvalue weighted by molar-refractivity contribution is 14.0. The van der Waals surface area contributed by atoms with Crippen molar-refractivity contribution in [3.05, 3.63) is 36.0 Å². The van der Waals surface area contributed by atoms with E-state index >= 15 is 0 Å². The molecule has 0 unspecified atom stereocenters. The lowest BCUT2D eigenvalue weighted by Crippen LogP contribution is -2.52. The maximum absolute atomic E-state index is 12.6. The number of carbonyl (C=O) groups is 1. The van der Waals surface area contributed by atoms with E-state index < -0.39 is 0 Å². The maximum Gasteiger partial charge on any atom is 0.225 e. The fourth-order valence-corrected chi connectivity index (χ4v) is 4.83. The van der Waals surface area contributed by atoms with Crippen molar-refractivity contribution in [3.8, 4) is 0 Å². The van der Waals surface area contributed by atoms with Crippen molar-refractivity contribution in [1.82, 2.24) is 25.4 Å². The van der Waals surface area contributed by atoms with E-state index in [1.807, 2.05) is 7.05 Å². The quantitative estimate of drug-likeness (QED) is 0.281. The number of hydrogen-bond acceptors (Lipinski definition) is 3. The van der Waals surface area contributed by atoms with Crippen LogP contribution in [0.1, 0.15) is 31.2 Å². The molecule has 2 heterocycles. The average Bonchev–Trinajstić information content (AvgIpc) is 3.49. The molecule has 1 aromatic heterocycles. The zero-order valence-corrected chi connectivity index (χ0v) is 21.4. The Bertz CT molecular complexity index is 883. The normalized spacial score (nSPS) is 18.0. The van der Waals surface area contributed by atoms with Crippen molar-refractivity contribution in [1.29, 1.82) is 0 Å². The largest absolute Gasteiger partial charge is 0.361 e. The monoisotopic (exact) mass is 552 g/mol. The number of benzene rings is 1. The number of carbonyl (C=O) groups excluding carboxylic acids is 1. The van der Waals surface area contributed by atoms with Crippen LogP contribution in [0.4, 0.5) is 0 Å². The Morgan fingerprint density at radius 3 is 2.56 bits per heavy atom. The van der Waals surface area contributed by atoms with E-state index in [0.29, 0.717) is 11.8 Å². The van der Waals surface area contributed by atoms with Gasteiger partial charge in [0.05, 0.1) is 0 Å². The number of piperazine rings is 1. The number of aromatic nitrogens is 1. The summed E-state index contributed by atoms with van der Waals surface area (Å²) in [6, 6.07) is 8.41. The number of guanidine groups is 1. The minimum Gasteiger partial charge on any atom is -0.361 e. The van der Waals surface area contributed by atoms with Gasteiger partial charge < -0.3 is 20.5 Å². The summed E-state index contributed by atoms with van der Waals surface area (Å²) in [6.07, 6.45) is 7.67. The second-order valence-electron chi connectivity index (χ2n) is 8.68. The molecule has 1 aliphatic carbocycles. The molecule has 3 N–H and O–H groups in total. The van der Waals surface area contributed by atoms with Crippen molar-refractivity contribution in [3.63, 3.8) is 0 Å². The molecule has 32 heavy (non-hydrogen) atoms. The highest BCUT2D eigenvalue weighted by Gasteiger charge is 2.29. The average molecular weight is 553 g/mol. The number of halogens is 1. The molecule has 2 aromatic rings. The molecule has 7 nitrogen and oxygen atoms in total. The molecular formula is C24H37IN6O. The zero-order chi connectivity index (χ0) is 21.5. The summed E-state index contributed by atoms with van der Waals surface area (Å²) >= 11 is 0. The van der Waals surface area contributed by atoms with Crippen molar-refractivity contribution in [2.75, 3.05) is 52.9 Å². The number of nitrogens with zero attached hydrogens (tertiary/aromatic N) is 3. The first-order valence-electron chi connectivity index (χ1n) is 11.8. The summed E-state index contributed by atoms with van der Waals surface area (Å²) in [5.41, 5.74) is 2.51. The van der Waals surface area contributed by atoms with E-state index in [2.05, 4.69) is 60.9 Å². The lowest BCUT2D eigenvalue weighted by Gasteiger charge is -2.36. The van der Waals surface area contributed by atoms with Gasteiger partial charge in [-0.15, -0.1) is 24.0 Å². The Labute approximate surface area is 208 Å². The Morgan fingerprint density at radius 2 is 1.81 bits per heavy atom. The highest BCUT2D eigenvalue weighted by atomic mass is 127. The summed E-state index contributed by atoms with van der Waals surface area (Å²) in [5.74, 6) is 1.54. The number of H-pyrrole nitrogens is 1. The molecule has 1 saturated heterocycles. The molecule has 4 rings (SSSR count). The van der Waals surface area contributed by atoms with Crippen LogP contribution in [0.15, 0.2) is 35.5 Å². The first kappa shape index (κ1) is 24.8. The Hall–Kier alpha value is -1.81. The van der Waals surface area contributed by atoms with Gasteiger partial charge in [-0.2, -0.15) is 0 Å². The third kappa shape index (κ3) is 6.37. The van der Waals surface area contributed by atoms with Crippen LogP contribution in [0.5, 0.6) is 0 Å². The van der Waals surface area contributed by atoms with Crippen molar-refractivity contribution in [2.45, 2.75) is 32.1 Å². The molecule has 176 valence electrons. The number of aromatic amines is 1. The van der Waals surface area contributed by atoms with Gasteiger partial charge in [-0.3, -0.25) is 14.7 Å². The molecule has 0 spiro atoms. The Kier molecular flexibility index (Phi) is 9.65. The Balaban J connectivity index is 0.00000289. The van der Waals surface area contributed by atoms with E-state index in [-0.39, 0.29) is 24.0 Å². The fourth-order valence-electron chi connectivity index (χ4n) is 4.83. The second-order valence-corrected chi connectivity index (χ2v) is 8.68. The van der Waals surface area contributed by atoms with Crippen molar-refractivity contribution >= 4 is 46.7 Å². The van der Waals surface area contributed by atoms with Gasteiger partial charge in [0, 0.05) is 75.9 Å². The first-order valence-corrected chi connectivity index (χ1v) is 11.8. The molecular weight excluding hydrogens is 515 g/mol. The predicted octanol–water partition coefficient (Wildman–Crippen LogP) is 2.83. The molecule has 0 bridgehead atoms. The lowest BCUT2D eigenvalue weighted by molar-refractivity contribution is -0.137. The lowest BCUT2D eigenvalue weighted by atomic mass is 10.1. The van der Waals surface area contributed by atoms with Crippen LogP contribution in [-0.2, 0) is 11.2 Å². The van der Waals surface area contributed by atoms with Gasteiger partial charge in [0.2, 0.25) is 5.91 Å². The van der Waals surface area contributed by atoms with E-state index in [1.165, 1.54) is 29.3 Å². The van der Waals surface area contributed by atoms with Gasteiger partial charge in [0.25, 0.3) is 0 Å². The summed E-state index contributed by atoms with van der Waals surface area (Å²) in [4.78, 5) is 24.8. The van der Waals surface area contributed by atoms with E-state index in [0.717, 1.165) is 71.0 Å². The van der Waals surface area contributed by atoms with Crippen LogP contribution >= 0.6 is 24.0 Å². The zero-order valence-electron chi connectivity index (χ0n) is 19.1. The van der Waals surface area contributed by atoms with Crippen LogP contribution in [0.2, 0.25) is 0 Å². The molecule has 2 aliphatic rings. The molecule has 2 fully saturated rings. The number of para-hydroxylation sites is 1. The number of amides is 1. The van der Waals surface area contributed by atoms with Gasteiger partial charge in [-0.05, 0) is 30.9 Å². The molecule has 8 heteroatoms. The van der Waals surface area contributed by atoms with Crippen LogP contribution in [0.3, 0.4) is 0 Å². The van der Waals surface area contributed by atoms with Gasteiger partial charge in [-0.1, -0.05) is 31.0 Å². The van der Waals surface area contributed by atoms with Crippen molar-refractivity contribution < 1.29 is 4.79 Å². The summed E-state index contributed by atoms with van der Waals surface area (Å²) < 4.78 is 0. The molecule has 1 aromatic carbocycles. The smallest absolute Gasteiger partial charge is 0.225 e. The van der Waals surface area contributed by atoms with E-state index in [4.69, 9.17) is 0 Å². The van der Waals surface area contributed by atoms with Crippen LogP contribution in [0, 0.1) is 5.92 Å². The third-order valence-corrected chi connectivity index (χ3v) is 6.69. The summed E-state index contributed by atoms with van der Waals surface area (Å²) in [6.45, 7) is 6.32.